The Kier molecular flexibility index (Phi) is 5.36. The van der Waals surface area contributed by atoms with Crippen molar-refractivity contribution in [2.45, 2.75) is 19.4 Å². The lowest BCUT2D eigenvalue weighted by atomic mass is 9.93. The Morgan fingerprint density at radius 2 is 1.80 bits per heavy atom. The number of rotatable bonds is 5. The highest BCUT2D eigenvalue weighted by Gasteiger charge is 2.25. The number of benzene rings is 2. The standard InChI is InChI=1S/C19H20INO4/c1-19(2,13-3-8-16-17(11-13)24-10-9-23-16)21-18(22)12-25-15-6-4-14(20)5-7-15/h3-8,11H,9-10,12H2,1-2H3,(H,21,22). The Bertz CT molecular complexity index is 759. The average Bonchev–Trinajstić information content (AvgIpc) is 2.60. The van der Waals surface area contributed by atoms with Gasteiger partial charge in [-0.05, 0) is 78.4 Å². The van der Waals surface area contributed by atoms with Crippen molar-refractivity contribution in [3.05, 3.63) is 51.6 Å². The molecule has 0 fully saturated rings. The third kappa shape index (κ3) is 4.56. The van der Waals surface area contributed by atoms with Crippen LogP contribution in [0.3, 0.4) is 0 Å². The van der Waals surface area contributed by atoms with E-state index in [0.717, 1.165) is 14.9 Å². The minimum absolute atomic E-state index is 0.0332. The smallest absolute Gasteiger partial charge is 0.258 e. The quantitative estimate of drug-likeness (QED) is 0.705. The molecule has 1 aliphatic heterocycles. The Morgan fingerprint density at radius 1 is 1.12 bits per heavy atom. The Morgan fingerprint density at radius 3 is 2.52 bits per heavy atom. The molecule has 5 nitrogen and oxygen atoms in total. The van der Waals surface area contributed by atoms with Crippen LogP contribution >= 0.6 is 22.6 Å². The summed E-state index contributed by atoms with van der Waals surface area (Å²) in [6.45, 7) is 4.95. The molecule has 0 unspecified atom stereocenters. The van der Waals surface area contributed by atoms with Gasteiger partial charge in [-0.3, -0.25) is 4.79 Å². The van der Waals surface area contributed by atoms with Gasteiger partial charge in [0.05, 0.1) is 5.54 Å². The molecule has 1 heterocycles. The van der Waals surface area contributed by atoms with Gasteiger partial charge in [-0.15, -0.1) is 0 Å². The summed E-state index contributed by atoms with van der Waals surface area (Å²) < 4.78 is 17.8. The highest BCUT2D eigenvalue weighted by molar-refractivity contribution is 14.1. The highest BCUT2D eigenvalue weighted by atomic mass is 127. The molecule has 0 saturated heterocycles. The third-order valence-corrected chi connectivity index (χ3v) is 4.62. The number of fused-ring (bicyclic) bond motifs is 1. The van der Waals surface area contributed by atoms with Crippen molar-refractivity contribution in [3.63, 3.8) is 0 Å². The largest absolute Gasteiger partial charge is 0.486 e. The van der Waals surface area contributed by atoms with Gasteiger partial charge in [0.1, 0.15) is 19.0 Å². The van der Waals surface area contributed by atoms with Gasteiger partial charge >= 0.3 is 0 Å². The Labute approximate surface area is 160 Å². The Hall–Kier alpha value is -1.96. The van der Waals surface area contributed by atoms with Crippen LogP contribution in [-0.4, -0.2) is 25.7 Å². The molecule has 0 aromatic heterocycles. The fraction of sp³-hybridized carbons (Fsp3) is 0.316. The van der Waals surface area contributed by atoms with E-state index in [9.17, 15) is 4.79 Å². The molecule has 0 bridgehead atoms. The van der Waals surface area contributed by atoms with Gasteiger partial charge < -0.3 is 19.5 Å². The number of amides is 1. The van der Waals surface area contributed by atoms with E-state index in [1.807, 2.05) is 56.3 Å². The molecule has 0 atom stereocenters. The van der Waals surface area contributed by atoms with E-state index < -0.39 is 5.54 Å². The fourth-order valence-electron chi connectivity index (χ4n) is 2.57. The van der Waals surface area contributed by atoms with Gasteiger partial charge in [0.2, 0.25) is 0 Å². The van der Waals surface area contributed by atoms with Gasteiger partial charge in [-0.1, -0.05) is 6.07 Å². The van der Waals surface area contributed by atoms with Crippen LogP contribution in [0.4, 0.5) is 0 Å². The molecule has 1 N–H and O–H groups in total. The minimum atomic E-state index is -0.553. The molecule has 6 heteroatoms. The first kappa shape index (κ1) is 17.8. The van der Waals surface area contributed by atoms with Crippen molar-refractivity contribution >= 4 is 28.5 Å². The van der Waals surface area contributed by atoms with Crippen molar-refractivity contribution < 1.29 is 19.0 Å². The molecular formula is C19H20INO4. The van der Waals surface area contributed by atoms with Crippen LogP contribution in [0.5, 0.6) is 17.2 Å². The lowest BCUT2D eigenvalue weighted by molar-refractivity contribution is -0.124. The van der Waals surface area contributed by atoms with Crippen LogP contribution in [-0.2, 0) is 10.3 Å². The van der Waals surface area contributed by atoms with E-state index in [2.05, 4.69) is 27.9 Å². The lowest BCUT2D eigenvalue weighted by Crippen LogP contribution is -2.43. The maximum Gasteiger partial charge on any atom is 0.258 e. The summed E-state index contributed by atoms with van der Waals surface area (Å²) in [5.74, 6) is 1.94. The van der Waals surface area contributed by atoms with Gasteiger partial charge in [-0.25, -0.2) is 0 Å². The van der Waals surface area contributed by atoms with Crippen LogP contribution in [0.25, 0.3) is 0 Å². The molecule has 1 amide bonds. The third-order valence-electron chi connectivity index (χ3n) is 3.90. The number of ether oxygens (including phenoxy) is 3. The molecule has 1 aliphatic rings. The summed E-state index contributed by atoms with van der Waals surface area (Å²) in [6, 6.07) is 13.3. The lowest BCUT2D eigenvalue weighted by Gasteiger charge is -2.28. The summed E-state index contributed by atoms with van der Waals surface area (Å²) in [5, 5.41) is 3.00. The second-order valence-corrected chi connectivity index (χ2v) is 7.52. The molecule has 0 radical (unpaired) electrons. The van der Waals surface area contributed by atoms with Crippen molar-refractivity contribution in [1.29, 1.82) is 0 Å². The zero-order valence-corrected chi connectivity index (χ0v) is 16.3. The number of halogens is 1. The maximum absolute atomic E-state index is 12.3. The van der Waals surface area contributed by atoms with E-state index >= 15 is 0 Å². The van der Waals surface area contributed by atoms with E-state index in [0.29, 0.717) is 24.7 Å². The molecule has 3 rings (SSSR count). The topological polar surface area (TPSA) is 56.8 Å². The fourth-order valence-corrected chi connectivity index (χ4v) is 2.93. The Balaban J connectivity index is 1.62. The van der Waals surface area contributed by atoms with Gasteiger partial charge in [-0.2, -0.15) is 0 Å². The van der Waals surface area contributed by atoms with Crippen LogP contribution in [0, 0.1) is 3.57 Å². The zero-order chi connectivity index (χ0) is 17.9. The molecule has 2 aromatic carbocycles. The molecule has 2 aromatic rings. The highest BCUT2D eigenvalue weighted by Crippen LogP contribution is 2.34. The predicted molar refractivity (Wildman–Crippen MR) is 103 cm³/mol. The normalized spacial score (nSPS) is 13.2. The van der Waals surface area contributed by atoms with Crippen molar-refractivity contribution in [2.75, 3.05) is 19.8 Å². The summed E-state index contributed by atoms with van der Waals surface area (Å²) in [6.07, 6.45) is 0. The van der Waals surface area contributed by atoms with Crippen LogP contribution < -0.4 is 19.5 Å². The van der Waals surface area contributed by atoms with E-state index in [1.54, 1.807) is 0 Å². The first-order valence-electron chi connectivity index (χ1n) is 8.03. The van der Waals surface area contributed by atoms with E-state index in [4.69, 9.17) is 14.2 Å². The van der Waals surface area contributed by atoms with Gasteiger partial charge in [0.25, 0.3) is 5.91 Å². The van der Waals surface area contributed by atoms with Crippen molar-refractivity contribution in [1.82, 2.24) is 5.32 Å². The van der Waals surface area contributed by atoms with Crippen molar-refractivity contribution in [3.8, 4) is 17.2 Å². The van der Waals surface area contributed by atoms with Gasteiger partial charge in [0, 0.05) is 3.57 Å². The number of carbonyl (C=O) groups is 1. The molecule has 25 heavy (non-hydrogen) atoms. The molecule has 0 aliphatic carbocycles. The first-order valence-corrected chi connectivity index (χ1v) is 9.11. The SMILES string of the molecule is CC(C)(NC(=O)COc1ccc(I)cc1)c1ccc2c(c1)OCCO2. The maximum atomic E-state index is 12.3. The van der Waals surface area contributed by atoms with Crippen LogP contribution in [0.2, 0.25) is 0 Å². The second-order valence-electron chi connectivity index (χ2n) is 6.27. The van der Waals surface area contributed by atoms with E-state index in [-0.39, 0.29) is 12.5 Å². The summed E-state index contributed by atoms with van der Waals surface area (Å²) >= 11 is 2.22. The molecular weight excluding hydrogens is 433 g/mol. The number of hydrogen-bond acceptors (Lipinski definition) is 4. The number of carbonyl (C=O) groups excluding carboxylic acids is 1. The number of nitrogens with one attached hydrogen (secondary N) is 1. The molecule has 0 spiro atoms. The van der Waals surface area contributed by atoms with Gasteiger partial charge in [0.15, 0.2) is 18.1 Å². The first-order chi connectivity index (χ1) is 11.9. The summed E-state index contributed by atoms with van der Waals surface area (Å²) in [4.78, 5) is 12.3. The average molecular weight is 453 g/mol. The second kappa shape index (κ2) is 7.51. The molecule has 132 valence electrons. The predicted octanol–water partition coefficient (Wildman–Crippen LogP) is 3.49. The van der Waals surface area contributed by atoms with Crippen molar-refractivity contribution in [2.24, 2.45) is 0 Å². The molecule has 0 saturated carbocycles. The van der Waals surface area contributed by atoms with Crippen LogP contribution in [0.15, 0.2) is 42.5 Å². The minimum Gasteiger partial charge on any atom is -0.486 e. The summed E-state index contributed by atoms with van der Waals surface area (Å²) in [5.41, 5.74) is 0.391. The van der Waals surface area contributed by atoms with Crippen LogP contribution in [0.1, 0.15) is 19.4 Å². The number of hydrogen-bond donors (Lipinski definition) is 1. The monoisotopic (exact) mass is 453 g/mol. The summed E-state index contributed by atoms with van der Waals surface area (Å²) in [7, 11) is 0. The zero-order valence-electron chi connectivity index (χ0n) is 14.2. The van der Waals surface area contributed by atoms with E-state index in [1.165, 1.54) is 0 Å².